The van der Waals surface area contributed by atoms with Gasteiger partial charge in [-0.2, -0.15) is 4.37 Å². The second kappa shape index (κ2) is 7.35. The zero-order valence-electron chi connectivity index (χ0n) is 19.6. The number of nitrogens with zero attached hydrogens (tertiary/aromatic N) is 3. The van der Waals surface area contributed by atoms with Crippen molar-refractivity contribution in [1.82, 2.24) is 14.1 Å². The van der Waals surface area contributed by atoms with Gasteiger partial charge in [-0.15, -0.1) is 4.37 Å². The molecule has 2 heterocycles. The summed E-state index contributed by atoms with van der Waals surface area (Å²) in [7, 11) is 0. The summed E-state index contributed by atoms with van der Waals surface area (Å²) in [6, 6.07) is 0. The van der Waals surface area contributed by atoms with Crippen LogP contribution in [0.1, 0.15) is 31.6 Å². The zero-order valence-corrected chi connectivity index (χ0v) is 12.4. The number of hydrogen-bond donors (Lipinski definition) is 2. The molecule has 1 aliphatic rings. The van der Waals surface area contributed by atoms with E-state index < -0.39 is 38.5 Å². The topological polar surface area (TPSA) is 79.7 Å². The molecule has 1 fully saturated rings. The molecule has 7 nitrogen and oxygen atoms in total. The first-order valence-electron chi connectivity index (χ1n) is 10.4. The Hall–Kier alpha value is -0.960. The maximum Gasteiger partial charge on any atom is 0.270 e. The Morgan fingerprint density at radius 2 is 2.33 bits per heavy atom. The highest BCUT2D eigenvalue weighted by atomic mass is 32.1. The van der Waals surface area contributed by atoms with E-state index in [1.54, 1.807) is 0 Å². The molecule has 0 radical (unpaired) electrons. The number of aromatic nitrogens is 2. The molecule has 1 saturated heterocycles. The zero-order chi connectivity index (χ0) is 22.1. The number of ether oxygens (including phenoxy) is 2. The Bertz CT molecular complexity index is 664. The average molecular weight is 324 g/mol. The first-order valence-corrected chi connectivity index (χ1v) is 7.17. The lowest BCUT2D eigenvalue weighted by Gasteiger charge is -2.27. The Kier molecular flexibility index (Phi) is 3.01. The van der Waals surface area contributed by atoms with Gasteiger partial charge < -0.3 is 24.8 Å². The van der Waals surface area contributed by atoms with Gasteiger partial charge in [0.2, 0.25) is 5.82 Å². The van der Waals surface area contributed by atoms with Crippen LogP contribution in [0, 0.1) is 0 Å². The fourth-order valence-electron chi connectivity index (χ4n) is 1.66. The maximum absolute atomic E-state index is 10.3. The van der Waals surface area contributed by atoms with E-state index in [9.17, 15) is 5.11 Å². The van der Waals surface area contributed by atoms with E-state index >= 15 is 0 Å². The lowest BCUT2D eigenvalue weighted by molar-refractivity contribution is 0.0975. The van der Waals surface area contributed by atoms with Crippen molar-refractivity contribution >= 4 is 17.5 Å². The van der Waals surface area contributed by atoms with Gasteiger partial charge in [0.05, 0.1) is 24.9 Å². The van der Waals surface area contributed by atoms with Gasteiger partial charge >= 0.3 is 0 Å². The minimum absolute atomic E-state index is 0.0983. The van der Waals surface area contributed by atoms with Gasteiger partial charge in [0.25, 0.3) is 5.88 Å². The molecule has 0 amide bonds. The van der Waals surface area contributed by atoms with Crippen LogP contribution < -0.4 is 15.0 Å². The SMILES string of the molecule is [2H]C([2H])(NC(C)(C([2H])([2H])[2H])C([2H])([2H])[2H])[C@H](O)COc1nsnc1N1CCOCC1. The highest BCUT2D eigenvalue weighted by Gasteiger charge is 2.21. The fourth-order valence-corrected chi connectivity index (χ4v) is 2.18. The van der Waals surface area contributed by atoms with Crippen molar-refractivity contribution < 1.29 is 25.5 Å². The molecule has 0 unspecified atom stereocenters. The van der Waals surface area contributed by atoms with Crippen LogP contribution in [0.2, 0.25) is 0 Å². The molecule has 0 spiro atoms. The van der Waals surface area contributed by atoms with Gasteiger partial charge in [0, 0.05) is 36.1 Å². The first-order chi connectivity index (χ1) is 13.2. The minimum atomic E-state index is -3.06. The predicted octanol–water partition coefficient (Wildman–Crippen LogP) is 0.502. The molecule has 0 aliphatic carbocycles. The average Bonchev–Trinajstić information content (AvgIpc) is 3.06. The summed E-state index contributed by atoms with van der Waals surface area (Å²) in [6.07, 6.45) is -1.88. The molecule has 21 heavy (non-hydrogen) atoms. The Morgan fingerprint density at radius 3 is 3.05 bits per heavy atom. The molecule has 0 bridgehead atoms. The van der Waals surface area contributed by atoms with Crippen molar-refractivity contribution in [2.75, 3.05) is 44.3 Å². The van der Waals surface area contributed by atoms with Crippen LogP contribution in [-0.2, 0) is 4.74 Å². The molecule has 1 atom stereocenters. The van der Waals surface area contributed by atoms with Gasteiger partial charge in [-0.3, -0.25) is 0 Å². The van der Waals surface area contributed by atoms with Gasteiger partial charge in [0.15, 0.2) is 0 Å². The third-order valence-electron chi connectivity index (χ3n) is 2.62. The lowest BCUT2D eigenvalue weighted by atomic mass is 10.1. The molecule has 2 rings (SSSR count). The molecule has 1 aromatic rings. The van der Waals surface area contributed by atoms with Crippen molar-refractivity contribution in [2.24, 2.45) is 0 Å². The van der Waals surface area contributed by atoms with E-state index in [1.807, 2.05) is 10.2 Å². The van der Waals surface area contributed by atoms with Crippen LogP contribution in [0.4, 0.5) is 5.82 Å². The van der Waals surface area contributed by atoms with Crippen molar-refractivity contribution in [3.05, 3.63) is 0 Å². The summed E-state index contributed by atoms with van der Waals surface area (Å²) in [6.45, 7) is -6.46. The molecule has 1 aromatic heterocycles. The first kappa shape index (κ1) is 8.61. The van der Waals surface area contributed by atoms with E-state index in [1.165, 1.54) is 0 Å². The third-order valence-corrected chi connectivity index (χ3v) is 3.12. The summed E-state index contributed by atoms with van der Waals surface area (Å²) in [5, 5.41) is 12.2. The van der Waals surface area contributed by atoms with Crippen molar-refractivity contribution in [3.63, 3.8) is 0 Å². The third kappa shape index (κ3) is 5.39. The minimum Gasteiger partial charge on any atom is -0.472 e. The molecule has 2 N–H and O–H groups in total. The number of hydrogen-bond acceptors (Lipinski definition) is 8. The maximum atomic E-state index is 10.3. The highest BCUT2D eigenvalue weighted by molar-refractivity contribution is 6.99. The van der Waals surface area contributed by atoms with Crippen molar-refractivity contribution in [3.8, 4) is 5.88 Å². The summed E-state index contributed by atoms with van der Waals surface area (Å²) in [5.74, 6) is 0.537. The van der Waals surface area contributed by atoms with E-state index in [2.05, 4.69) is 8.75 Å². The smallest absolute Gasteiger partial charge is 0.270 e. The molecule has 120 valence electrons. The van der Waals surface area contributed by atoms with Gasteiger partial charge in [-0.05, 0) is 20.6 Å². The van der Waals surface area contributed by atoms with Crippen LogP contribution in [0.5, 0.6) is 5.88 Å². The summed E-state index contributed by atoms with van der Waals surface area (Å²) in [4.78, 5) is 1.88. The molecule has 0 saturated carbocycles. The Balaban J connectivity index is 2.08. The van der Waals surface area contributed by atoms with E-state index in [4.69, 9.17) is 20.4 Å². The molecular weight excluding hydrogens is 292 g/mol. The normalized spacial score (nSPS) is 25.3. The van der Waals surface area contributed by atoms with Crippen LogP contribution in [0.15, 0.2) is 0 Å². The summed E-state index contributed by atoms with van der Waals surface area (Å²) in [5.41, 5.74) is -2.59. The quantitative estimate of drug-likeness (QED) is 0.789. The molecule has 8 heteroatoms. The van der Waals surface area contributed by atoms with Crippen molar-refractivity contribution in [2.45, 2.75) is 32.3 Å². The van der Waals surface area contributed by atoms with Crippen molar-refractivity contribution in [1.29, 1.82) is 0 Å². The lowest BCUT2D eigenvalue weighted by Crippen LogP contribution is -2.42. The Morgan fingerprint density at radius 1 is 1.57 bits per heavy atom. The fraction of sp³-hybridized carbons (Fsp3) is 0.846. The monoisotopic (exact) mass is 324 g/mol. The number of aliphatic hydroxyl groups excluding tert-OH is 1. The number of morpholine rings is 1. The highest BCUT2D eigenvalue weighted by Crippen LogP contribution is 2.26. The number of β-amino-alcohol motifs (C(OH)–C–C–N with tert-alkyl or cyclic N) is 1. The van der Waals surface area contributed by atoms with Crippen LogP contribution in [0.3, 0.4) is 0 Å². The number of nitrogens with one attached hydrogen (secondary N) is 1. The predicted molar refractivity (Wildman–Crippen MR) is 82.2 cm³/mol. The van der Waals surface area contributed by atoms with Crippen LogP contribution in [-0.4, -0.2) is 64.9 Å². The summed E-state index contributed by atoms with van der Waals surface area (Å²) < 4.78 is 79.9. The second-order valence-corrected chi connectivity index (χ2v) is 5.24. The van der Waals surface area contributed by atoms with Gasteiger partial charge in [0.1, 0.15) is 12.7 Å². The number of aliphatic hydroxyl groups is 1. The van der Waals surface area contributed by atoms with Crippen LogP contribution >= 0.6 is 11.7 Å². The summed E-state index contributed by atoms with van der Waals surface area (Å²) >= 11 is 0.889. The number of rotatable bonds is 6. The van der Waals surface area contributed by atoms with E-state index in [0.717, 1.165) is 18.7 Å². The van der Waals surface area contributed by atoms with Gasteiger partial charge in [-0.25, -0.2) is 0 Å². The van der Waals surface area contributed by atoms with Gasteiger partial charge in [-0.1, -0.05) is 0 Å². The molecule has 0 aromatic carbocycles. The standard InChI is InChI=1S/C13H24N4O3S/c1-13(2,3)14-8-10(18)9-20-12-11(15-21-16-12)17-4-6-19-7-5-17/h10,14,18H,4-9H2,1-3H3/t10-/m0/s1/i1D3,2D3,8D2. The number of anilines is 1. The van der Waals surface area contributed by atoms with E-state index in [0.29, 0.717) is 32.1 Å². The molecular formula is C13H24N4O3S. The largest absolute Gasteiger partial charge is 0.472 e. The Labute approximate surface area is 140 Å². The molecule has 1 aliphatic heterocycles. The van der Waals surface area contributed by atoms with E-state index in [-0.39, 0.29) is 5.88 Å². The van der Waals surface area contributed by atoms with Crippen LogP contribution in [0.25, 0.3) is 0 Å². The second-order valence-electron chi connectivity index (χ2n) is 4.71.